The molecule has 4 nitrogen and oxygen atoms in total. The highest BCUT2D eigenvalue weighted by molar-refractivity contribution is 5.24. The summed E-state index contributed by atoms with van der Waals surface area (Å²) in [6.45, 7) is 10.2. The number of rotatable bonds is 5. The molecule has 0 bridgehead atoms. The monoisotopic (exact) mass is 293 g/mol. The molecule has 0 aliphatic rings. The third kappa shape index (κ3) is 5.50. The largest absolute Gasteiger partial charge is 0.522 e. The van der Waals surface area contributed by atoms with Crippen molar-refractivity contribution in [1.29, 1.82) is 0 Å². The van der Waals surface area contributed by atoms with E-state index >= 15 is 0 Å². The van der Waals surface area contributed by atoms with Gasteiger partial charge >= 0.3 is 6.36 Å². The highest BCUT2D eigenvalue weighted by Gasteiger charge is 2.28. The highest BCUT2D eigenvalue weighted by Crippen LogP contribution is 2.17. The molecular weight excluding hydrogens is 271 g/mol. The lowest BCUT2D eigenvalue weighted by Gasteiger charge is -2.20. The first-order chi connectivity index (χ1) is 8.99. The number of aromatic nitrogens is 2. The van der Waals surface area contributed by atoms with Gasteiger partial charge < -0.3 is 5.32 Å². The molecule has 0 saturated carbocycles. The second kappa shape index (κ2) is 6.13. The predicted octanol–water partition coefficient (Wildman–Crippen LogP) is 2.92. The van der Waals surface area contributed by atoms with Gasteiger partial charge in [0, 0.05) is 23.3 Å². The van der Waals surface area contributed by atoms with E-state index in [0.717, 1.165) is 17.0 Å². The van der Waals surface area contributed by atoms with Crippen LogP contribution in [0.25, 0.3) is 0 Å². The number of aryl methyl sites for hydroxylation is 1. The Balaban J connectivity index is 2.67. The van der Waals surface area contributed by atoms with Gasteiger partial charge in [-0.2, -0.15) is 5.10 Å². The second-order valence-electron chi connectivity index (χ2n) is 5.77. The molecule has 0 saturated heterocycles. The number of hydrogen-bond acceptors (Lipinski definition) is 3. The molecule has 0 amide bonds. The van der Waals surface area contributed by atoms with Crippen LogP contribution in [0, 0.1) is 13.8 Å². The molecule has 1 rings (SSSR count). The van der Waals surface area contributed by atoms with Gasteiger partial charge in [0.25, 0.3) is 0 Å². The fourth-order valence-electron chi connectivity index (χ4n) is 1.81. The number of nitrogens with zero attached hydrogens (tertiary/aromatic N) is 2. The summed E-state index contributed by atoms with van der Waals surface area (Å²) in [6, 6.07) is 0. The molecule has 0 radical (unpaired) electrons. The molecule has 1 aromatic rings. The van der Waals surface area contributed by atoms with Crippen LogP contribution in [0.3, 0.4) is 0 Å². The van der Waals surface area contributed by atoms with Crippen molar-refractivity contribution < 1.29 is 17.9 Å². The van der Waals surface area contributed by atoms with E-state index < -0.39 is 13.0 Å². The summed E-state index contributed by atoms with van der Waals surface area (Å²) in [7, 11) is 0. The van der Waals surface area contributed by atoms with Crippen molar-refractivity contribution in [1.82, 2.24) is 15.1 Å². The van der Waals surface area contributed by atoms with E-state index in [4.69, 9.17) is 0 Å². The summed E-state index contributed by atoms with van der Waals surface area (Å²) >= 11 is 0. The molecular formula is C13H22F3N3O. The van der Waals surface area contributed by atoms with E-state index in [1.807, 2.05) is 13.8 Å². The minimum Gasteiger partial charge on any atom is -0.308 e. The predicted molar refractivity (Wildman–Crippen MR) is 70.3 cm³/mol. The Labute approximate surface area is 117 Å². The topological polar surface area (TPSA) is 39.1 Å². The summed E-state index contributed by atoms with van der Waals surface area (Å²) in [5, 5.41) is 7.61. The molecule has 0 atom stereocenters. The Kier molecular flexibility index (Phi) is 5.21. The van der Waals surface area contributed by atoms with Crippen molar-refractivity contribution in [3.05, 3.63) is 17.0 Å². The van der Waals surface area contributed by atoms with Gasteiger partial charge in [0.2, 0.25) is 0 Å². The summed E-state index contributed by atoms with van der Waals surface area (Å²) in [5.41, 5.74) is 2.68. The van der Waals surface area contributed by atoms with E-state index in [1.165, 1.54) is 0 Å². The molecule has 0 spiro atoms. The van der Waals surface area contributed by atoms with Gasteiger partial charge in [-0.05, 0) is 34.6 Å². The molecule has 7 heteroatoms. The van der Waals surface area contributed by atoms with E-state index in [0.29, 0.717) is 6.54 Å². The zero-order valence-electron chi connectivity index (χ0n) is 12.6. The van der Waals surface area contributed by atoms with Crippen LogP contribution in [-0.4, -0.2) is 28.3 Å². The molecule has 1 aromatic heterocycles. The fraction of sp³-hybridized carbons (Fsp3) is 0.769. The molecule has 0 fully saturated rings. The zero-order valence-corrected chi connectivity index (χ0v) is 12.6. The standard InChI is InChI=1S/C13H22F3N3O/c1-9-11(8-17-12(3,4)5)10(2)19(18-9)6-7-20-13(14,15)16/h17H,6-8H2,1-5H3. The van der Waals surface area contributed by atoms with Crippen LogP contribution >= 0.6 is 0 Å². The first-order valence-electron chi connectivity index (χ1n) is 6.48. The van der Waals surface area contributed by atoms with Gasteiger partial charge in [0.1, 0.15) is 0 Å². The van der Waals surface area contributed by atoms with Crippen LogP contribution < -0.4 is 5.32 Å². The zero-order chi connectivity index (χ0) is 15.6. The number of alkyl halides is 3. The molecule has 1 heterocycles. The van der Waals surface area contributed by atoms with Crippen molar-refractivity contribution in [3.63, 3.8) is 0 Å². The van der Waals surface area contributed by atoms with Gasteiger partial charge in [-0.25, -0.2) is 0 Å². The highest BCUT2D eigenvalue weighted by atomic mass is 19.4. The van der Waals surface area contributed by atoms with Crippen molar-refractivity contribution in [2.75, 3.05) is 6.61 Å². The van der Waals surface area contributed by atoms with Crippen LogP contribution in [0.15, 0.2) is 0 Å². The van der Waals surface area contributed by atoms with Crippen LogP contribution in [0.4, 0.5) is 13.2 Å². The molecule has 0 unspecified atom stereocenters. The van der Waals surface area contributed by atoms with E-state index in [-0.39, 0.29) is 12.1 Å². The lowest BCUT2D eigenvalue weighted by molar-refractivity contribution is -0.325. The molecule has 0 aliphatic carbocycles. The first kappa shape index (κ1) is 17.0. The minimum atomic E-state index is -4.59. The van der Waals surface area contributed by atoms with Crippen molar-refractivity contribution >= 4 is 0 Å². The van der Waals surface area contributed by atoms with Gasteiger partial charge in [-0.1, -0.05) is 0 Å². The van der Waals surface area contributed by atoms with Gasteiger partial charge in [-0.3, -0.25) is 9.42 Å². The Morgan fingerprint density at radius 1 is 1.20 bits per heavy atom. The quantitative estimate of drug-likeness (QED) is 0.907. The van der Waals surface area contributed by atoms with Gasteiger partial charge in [0.05, 0.1) is 18.8 Å². The van der Waals surface area contributed by atoms with E-state index in [2.05, 4.69) is 35.9 Å². The number of ether oxygens (including phenoxy) is 1. The molecule has 116 valence electrons. The van der Waals surface area contributed by atoms with Crippen molar-refractivity contribution in [3.8, 4) is 0 Å². The maximum absolute atomic E-state index is 11.9. The average molecular weight is 293 g/mol. The van der Waals surface area contributed by atoms with Gasteiger partial charge in [0.15, 0.2) is 0 Å². The normalized spacial score (nSPS) is 13.0. The lowest BCUT2D eigenvalue weighted by atomic mass is 10.1. The first-order valence-corrected chi connectivity index (χ1v) is 6.48. The second-order valence-corrected chi connectivity index (χ2v) is 5.77. The Morgan fingerprint density at radius 3 is 2.30 bits per heavy atom. The third-order valence-corrected chi connectivity index (χ3v) is 2.90. The maximum atomic E-state index is 11.9. The molecule has 0 aliphatic heterocycles. The number of hydrogen-bond donors (Lipinski definition) is 1. The maximum Gasteiger partial charge on any atom is 0.522 e. The van der Waals surface area contributed by atoms with Crippen LogP contribution in [0.5, 0.6) is 0 Å². The number of nitrogens with one attached hydrogen (secondary N) is 1. The van der Waals surface area contributed by atoms with Crippen LogP contribution in [-0.2, 0) is 17.8 Å². The summed E-state index contributed by atoms with van der Waals surface area (Å²) in [4.78, 5) is 0. The molecule has 1 N–H and O–H groups in total. The average Bonchev–Trinajstić information content (AvgIpc) is 2.49. The third-order valence-electron chi connectivity index (χ3n) is 2.90. The van der Waals surface area contributed by atoms with E-state index in [9.17, 15) is 13.2 Å². The fourth-order valence-corrected chi connectivity index (χ4v) is 1.81. The minimum absolute atomic E-state index is 0.0274. The summed E-state index contributed by atoms with van der Waals surface area (Å²) in [6.07, 6.45) is -4.59. The van der Waals surface area contributed by atoms with E-state index in [1.54, 1.807) is 4.68 Å². The Morgan fingerprint density at radius 2 is 1.80 bits per heavy atom. The number of halogens is 3. The smallest absolute Gasteiger partial charge is 0.308 e. The Bertz CT molecular complexity index is 447. The van der Waals surface area contributed by atoms with Gasteiger partial charge in [-0.15, -0.1) is 13.2 Å². The van der Waals surface area contributed by atoms with Crippen LogP contribution in [0.2, 0.25) is 0 Å². The van der Waals surface area contributed by atoms with Crippen molar-refractivity contribution in [2.45, 2.75) is 59.6 Å². The van der Waals surface area contributed by atoms with Crippen molar-refractivity contribution in [2.24, 2.45) is 0 Å². The lowest BCUT2D eigenvalue weighted by Crippen LogP contribution is -2.35. The summed E-state index contributed by atoms with van der Waals surface area (Å²) < 4.78 is 41.1. The van der Waals surface area contributed by atoms with Crippen LogP contribution in [0.1, 0.15) is 37.7 Å². The Hall–Kier alpha value is -1.08. The SMILES string of the molecule is Cc1nn(CCOC(F)(F)F)c(C)c1CNC(C)(C)C. The molecule has 20 heavy (non-hydrogen) atoms. The molecule has 0 aromatic carbocycles. The summed E-state index contributed by atoms with van der Waals surface area (Å²) in [5.74, 6) is 0.